The Bertz CT molecular complexity index is 513. The van der Waals surface area contributed by atoms with Crippen molar-refractivity contribution in [2.75, 3.05) is 0 Å². The van der Waals surface area contributed by atoms with Crippen molar-refractivity contribution in [1.82, 2.24) is 10.3 Å². The first kappa shape index (κ1) is 12.4. The van der Waals surface area contributed by atoms with E-state index in [4.69, 9.17) is 11.6 Å². The molecule has 90 valence electrons. The quantitative estimate of drug-likeness (QED) is 0.896. The zero-order chi connectivity index (χ0) is 12.3. The van der Waals surface area contributed by atoms with Crippen LogP contribution in [0.5, 0.6) is 5.75 Å². The highest BCUT2D eigenvalue weighted by Crippen LogP contribution is 2.26. The highest BCUT2D eigenvalue weighted by molar-refractivity contribution is 7.11. The Morgan fingerprint density at radius 3 is 2.94 bits per heavy atom. The monoisotopic (exact) mass is 268 g/mol. The van der Waals surface area contributed by atoms with E-state index in [1.54, 1.807) is 17.4 Å². The fraction of sp³-hybridized carbons (Fsp3) is 0.250. The number of hydrogen-bond acceptors (Lipinski definition) is 4. The second kappa shape index (κ2) is 5.49. The minimum absolute atomic E-state index is 0.155. The van der Waals surface area contributed by atoms with Crippen molar-refractivity contribution >= 4 is 22.9 Å². The van der Waals surface area contributed by atoms with Crippen molar-refractivity contribution < 1.29 is 5.11 Å². The minimum Gasteiger partial charge on any atom is -0.506 e. The number of rotatable bonds is 4. The lowest BCUT2D eigenvalue weighted by molar-refractivity contribution is 0.465. The van der Waals surface area contributed by atoms with Crippen LogP contribution in [0.4, 0.5) is 0 Å². The van der Waals surface area contributed by atoms with Crippen LogP contribution in [-0.4, -0.2) is 10.1 Å². The summed E-state index contributed by atoms with van der Waals surface area (Å²) in [6, 6.07) is 5.36. The van der Waals surface area contributed by atoms with Crippen molar-refractivity contribution in [2.24, 2.45) is 0 Å². The lowest BCUT2D eigenvalue weighted by atomic mass is 10.2. The molecular formula is C12H13ClN2OS. The molecule has 0 bridgehead atoms. The van der Waals surface area contributed by atoms with Crippen LogP contribution in [0.25, 0.3) is 0 Å². The number of aromatic hydroxyl groups is 1. The van der Waals surface area contributed by atoms with Gasteiger partial charge in [0.25, 0.3) is 0 Å². The average molecular weight is 269 g/mol. The van der Waals surface area contributed by atoms with E-state index in [0.29, 0.717) is 11.6 Å². The van der Waals surface area contributed by atoms with E-state index in [1.807, 2.05) is 25.3 Å². The minimum atomic E-state index is 0.155. The predicted octanol–water partition coefficient (Wildman–Crippen LogP) is 3.10. The van der Waals surface area contributed by atoms with Crippen LogP contribution in [0.15, 0.2) is 24.4 Å². The number of thiazole rings is 1. The Morgan fingerprint density at radius 2 is 2.24 bits per heavy atom. The Labute approximate surface area is 109 Å². The summed E-state index contributed by atoms with van der Waals surface area (Å²) >= 11 is 7.50. The third kappa shape index (κ3) is 3.19. The molecule has 0 radical (unpaired) electrons. The maximum Gasteiger partial charge on any atom is 0.138 e. The normalized spacial score (nSPS) is 10.7. The summed E-state index contributed by atoms with van der Waals surface area (Å²) in [5.74, 6) is 0.155. The van der Waals surface area contributed by atoms with E-state index in [1.165, 1.54) is 4.88 Å². The molecule has 0 amide bonds. The third-order valence-electron chi connectivity index (χ3n) is 2.35. The highest BCUT2D eigenvalue weighted by atomic mass is 35.5. The number of nitrogens with zero attached hydrogens (tertiary/aromatic N) is 1. The SMILES string of the molecule is Cc1ncc(CNCc2cccc(Cl)c2O)s1. The first-order valence-corrected chi connectivity index (χ1v) is 6.44. The van der Waals surface area contributed by atoms with Gasteiger partial charge >= 0.3 is 0 Å². The van der Waals surface area contributed by atoms with E-state index in [2.05, 4.69) is 10.3 Å². The van der Waals surface area contributed by atoms with E-state index >= 15 is 0 Å². The molecular weight excluding hydrogens is 256 g/mol. The first-order valence-electron chi connectivity index (χ1n) is 5.25. The van der Waals surface area contributed by atoms with Gasteiger partial charge in [0.05, 0.1) is 10.0 Å². The van der Waals surface area contributed by atoms with Crippen LogP contribution in [0.3, 0.4) is 0 Å². The van der Waals surface area contributed by atoms with Crippen LogP contribution in [0.1, 0.15) is 15.4 Å². The summed E-state index contributed by atoms with van der Waals surface area (Å²) in [5.41, 5.74) is 0.804. The zero-order valence-electron chi connectivity index (χ0n) is 9.40. The van der Waals surface area contributed by atoms with Crippen molar-refractivity contribution in [2.45, 2.75) is 20.0 Å². The number of aromatic nitrogens is 1. The molecule has 0 aliphatic carbocycles. The molecule has 2 aromatic rings. The number of nitrogens with one attached hydrogen (secondary N) is 1. The molecule has 1 heterocycles. The maximum atomic E-state index is 9.72. The molecule has 0 atom stereocenters. The lowest BCUT2D eigenvalue weighted by Gasteiger charge is -2.06. The predicted molar refractivity (Wildman–Crippen MR) is 70.5 cm³/mol. The largest absolute Gasteiger partial charge is 0.506 e. The number of benzene rings is 1. The van der Waals surface area contributed by atoms with Gasteiger partial charge in [0.2, 0.25) is 0 Å². The number of hydrogen-bond donors (Lipinski definition) is 2. The van der Waals surface area contributed by atoms with E-state index in [-0.39, 0.29) is 5.75 Å². The van der Waals surface area contributed by atoms with Gasteiger partial charge in [0.15, 0.2) is 0 Å². The molecule has 0 unspecified atom stereocenters. The van der Waals surface area contributed by atoms with Gasteiger partial charge in [-0.15, -0.1) is 11.3 Å². The van der Waals surface area contributed by atoms with Crippen LogP contribution in [0.2, 0.25) is 5.02 Å². The summed E-state index contributed by atoms with van der Waals surface area (Å²) in [6.07, 6.45) is 1.87. The van der Waals surface area contributed by atoms with Crippen LogP contribution in [-0.2, 0) is 13.1 Å². The highest BCUT2D eigenvalue weighted by Gasteiger charge is 2.04. The molecule has 0 aliphatic rings. The Hall–Kier alpha value is -1.10. The number of halogens is 1. The molecule has 2 rings (SSSR count). The van der Waals surface area contributed by atoms with Crippen molar-refractivity contribution in [1.29, 1.82) is 0 Å². The summed E-state index contributed by atoms with van der Waals surface area (Å²) in [4.78, 5) is 5.37. The van der Waals surface area contributed by atoms with E-state index in [9.17, 15) is 5.11 Å². The number of phenolic OH excluding ortho intramolecular Hbond substituents is 1. The number of aryl methyl sites for hydroxylation is 1. The van der Waals surface area contributed by atoms with Gasteiger partial charge in [0, 0.05) is 29.7 Å². The molecule has 5 heteroatoms. The van der Waals surface area contributed by atoms with E-state index in [0.717, 1.165) is 17.1 Å². The van der Waals surface area contributed by atoms with Gasteiger partial charge in [-0.1, -0.05) is 23.7 Å². The molecule has 1 aromatic heterocycles. The second-order valence-corrected chi connectivity index (χ2v) is 5.42. The van der Waals surface area contributed by atoms with Crippen molar-refractivity contribution in [3.05, 3.63) is 44.9 Å². The fourth-order valence-electron chi connectivity index (χ4n) is 1.51. The number of phenols is 1. The van der Waals surface area contributed by atoms with Crippen LogP contribution >= 0.6 is 22.9 Å². The van der Waals surface area contributed by atoms with Crippen LogP contribution < -0.4 is 5.32 Å². The molecule has 0 spiro atoms. The molecule has 1 aromatic carbocycles. The van der Waals surface area contributed by atoms with Gasteiger partial charge in [0.1, 0.15) is 5.75 Å². The first-order chi connectivity index (χ1) is 8.16. The van der Waals surface area contributed by atoms with Gasteiger partial charge in [-0.25, -0.2) is 4.98 Å². The van der Waals surface area contributed by atoms with E-state index < -0.39 is 0 Å². The molecule has 0 aliphatic heterocycles. The molecule has 0 fully saturated rings. The maximum absolute atomic E-state index is 9.72. The second-order valence-electron chi connectivity index (χ2n) is 3.70. The number of para-hydroxylation sites is 1. The van der Waals surface area contributed by atoms with Crippen molar-refractivity contribution in [3.63, 3.8) is 0 Å². The lowest BCUT2D eigenvalue weighted by Crippen LogP contribution is -2.11. The van der Waals surface area contributed by atoms with Crippen LogP contribution in [0, 0.1) is 6.92 Å². The topological polar surface area (TPSA) is 45.2 Å². The average Bonchev–Trinajstić information content (AvgIpc) is 2.70. The third-order valence-corrected chi connectivity index (χ3v) is 3.57. The molecule has 2 N–H and O–H groups in total. The molecule has 3 nitrogen and oxygen atoms in total. The summed E-state index contributed by atoms with van der Waals surface area (Å²) in [7, 11) is 0. The van der Waals surface area contributed by atoms with Gasteiger partial charge in [-0.05, 0) is 13.0 Å². The Morgan fingerprint density at radius 1 is 1.41 bits per heavy atom. The van der Waals surface area contributed by atoms with Gasteiger partial charge in [-0.2, -0.15) is 0 Å². The fourth-order valence-corrected chi connectivity index (χ4v) is 2.47. The summed E-state index contributed by atoms with van der Waals surface area (Å²) in [5, 5.41) is 14.4. The molecule has 0 saturated heterocycles. The summed E-state index contributed by atoms with van der Waals surface area (Å²) < 4.78 is 0. The van der Waals surface area contributed by atoms with Gasteiger partial charge < -0.3 is 10.4 Å². The standard InChI is InChI=1S/C12H13ClN2OS/c1-8-15-7-10(17-8)6-14-5-9-3-2-4-11(13)12(9)16/h2-4,7,14,16H,5-6H2,1H3. The Kier molecular flexibility index (Phi) is 3.99. The zero-order valence-corrected chi connectivity index (χ0v) is 11.0. The Balaban J connectivity index is 1.92. The smallest absolute Gasteiger partial charge is 0.138 e. The molecule has 0 saturated carbocycles. The van der Waals surface area contributed by atoms with Crippen molar-refractivity contribution in [3.8, 4) is 5.75 Å². The van der Waals surface area contributed by atoms with Gasteiger partial charge in [-0.3, -0.25) is 0 Å². The molecule has 17 heavy (non-hydrogen) atoms. The summed E-state index contributed by atoms with van der Waals surface area (Å²) in [6.45, 7) is 3.32.